The highest BCUT2D eigenvalue weighted by molar-refractivity contribution is 6.37. The van der Waals surface area contributed by atoms with Crippen LogP contribution in [-0.4, -0.2) is 15.0 Å². The number of rotatable bonds is 1. The van der Waals surface area contributed by atoms with E-state index in [2.05, 4.69) is 39.2 Å². The van der Waals surface area contributed by atoms with Crippen molar-refractivity contribution in [2.24, 2.45) is 0 Å². The molecule has 102 valence electrons. The summed E-state index contributed by atoms with van der Waals surface area (Å²) in [5.74, 6) is 0. The number of hydrogen-bond donors (Lipinski definition) is 1. The molecule has 0 unspecified atom stereocenters. The van der Waals surface area contributed by atoms with Crippen LogP contribution in [0.25, 0.3) is 33.1 Å². The van der Waals surface area contributed by atoms with Gasteiger partial charge in [-0.05, 0) is 34.9 Å². The Morgan fingerprint density at radius 2 is 1.67 bits per heavy atom. The number of benzene rings is 2. The normalized spacial score (nSPS) is 11.3. The Kier molecular flexibility index (Phi) is 2.84. The van der Waals surface area contributed by atoms with Gasteiger partial charge >= 0.3 is 0 Å². The van der Waals surface area contributed by atoms with Crippen molar-refractivity contribution >= 4 is 45.1 Å². The van der Waals surface area contributed by atoms with Crippen LogP contribution in [0.15, 0.2) is 48.5 Å². The van der Waals surface area contributed by atoms with Crippen LogP contribution in [0.5, 0.6) is 0 Å². The topological polar surface area (TPSA) is 41.6 Å². The lowest BCUT2D eigenvalue weighted by Crippen LogP contribution is -1.84. The molecule has 3 nitrogen and oxygen atoms in total. The molecule has 5 heteroatoms. The first kappa shape index (κ1) is 12.6. The van der Waals surface area contributed by atoms with Crippen molar-refractivity contribution in [3.05, 3.63) is 59.0 Å². The van der Waals surface area contributed by atoms with Crippen LogP contribution in [0.2, 0.25) is 10.4 Å². The summed E-state index contributed by atoms with van der Waals surface area (Å²) < 4.78 is 0. The van der Waals surface area contributed by atoms with Crippen LogP contribution in [0.4, 0.5) is 0 Å². The van der Waals surface area contributed by atoms with E-state index in [0.717, 1.165) is 27.4 Å². The van der Waals surface area contributed by atoms with Crippen LogP contribution >= 0.6 is 23.2 Å². The van der Waals surface area contributed by atoms with E-state index in [1.165, 1.54) is 0 Å². The van der Waals surface area contributed by atoms with Crippen LogP contribution < -0.4 is 0 Å². The van der Waals surface area contributed by atoms with E-state index < -0.39 is 0 Å². The van der Waals surface area contributed by atoms with Gasteiger partial charge in [-0.25, -0.2) is 4.98 Å². The Morgan fingerprint density at radius 1 is 0.857 bits per heavy atom. The Labute approximate surface area is 130 Å². The Hall–Kier alpha value is -2.10. The zero-order valence-corrected chi connectivity index (χ0v) is 12.3. The lowest BCUT2D eigenvalue weighted by Gasteiger charge is -2.02. The summed E-state index contributed by atoms with van der Waals surface area (Å²) in [6.07, 6.45) is 0. The molecule has 0 amide bonds. The molecule has 0 aliphatic carbocycles. The summed E-state index contributed by atoms with van der Waals surface area (Å²) in [7, 11) is 0. The number of halogens is 2. The highest BCUT2D eigenvalue weighted by atomic mass is 35.5. The maximum absolute atomic E-state index is 6.23. The van der Waals surface area contributed by atoms with E-state index in [-0.39, 0.29) is 5.28 Å². The highest BCUT2D eigenvalue weighted by Gasteiger charge is 2.12. The molecular formula is C16H9Cl2N3. The smallest absolute Gasteiger partial charge is 0.225 e. The van der Waals surface area contributed by atoms with Gasteiger partial charge in [-0.3, -0.25) is 0 Å². The maximum Gasteiger partial charge on any atom is 0.225 e. The second-order valence-electron chi connectivity index (χ2n) is 4.76. The van der Waals surface area contributed by atoms with E-state index in [1.54, 1.807) is 0 Å². The fourth-order valence-corrected chi connectivity index (χ4v) is 3.02. The molecule has 2 aromatic heterocycles. The van der Waals surface area contributed by atoms with Gasteiger partial charge in [-0.2, -0.15) is 4.98 Å². The lowest BCUT2D eigenvalue weighted by atomic mass is 10.0. The fourth-order valence-electron chi connectivity index (χ4n) is 2.53. The molecule has 0 saturated heterocycles. The quantitative estimate of drug-likeness (QED) is 0.393. The van der Waals surface area contributed by atoms with Crippen LogP contribution in [0.3, 0.4) is 0 Å². The number of nitrogens with one attached hydrogen (secondary N) is 1. The molecular weight excluding hydrogens is 305 g/mol. The Bertz CT molecular complexity index is 962. The molecule has 0 saturated carbocycles. The van der Waals surface area contributed by atoms with Gasteiger partial charge in [0, 0.05) is 10.9 Å². The van der Waals surface area contributed by atoms with E-state index in [0.29, 0.717) is 10.8 Å². The van der Waals surface area contributed by atoms with Gasteiger partial charge in [-0.1, -0.05) is 48.0 Å². The summed E-state index contributed by atoms with van der Waals surface area (Å²) in [5, 5.41) is 2.30. The third kappa shape index (κ3) is 2.06. The standard InChI is InChI=1S/C16H9Cl2N3/c17-14-13-11-8-10(9-4-2-1-3-5-9)6-7-12(11)19-15(13)21-16(18)20-14/h1-8H,(H,19,20,21). The molecule has 0 aliphatic heterocycles. The summed E-state index contributed by atoms with van der Waals surface area (Å²) in [6.45, 7) is 0. The van der Waals surface area contributed by atoms with Gasteiger partial charge < -0.3 is 4.98 Å². The van der Waals surface area contributed by atoms with Gasteiger partial charge in [-0.15, -0.1) is 0 Å². The van der Waals surface area contributed by atoms with Crippen LogP contribution in [0, 0.1) is 0 Å². The van der Waals surface area contributed by atoms with Crippen molar-refractivity contribution in [1.82, 2.24) is 15.0 Å². The van der Waals surface area contributed by atoms with Crippen LogP contribution in [-0.2, 0) is 0 Å². The van der Waals surface area contributed by atoms with Crippen molar-refractivity contribution < 1.29 is 0 Å². The lowest BCUT2D eigenvalue weighted by molar-refractivity contribution is 1.21. The predicted molar refractivity (Wildman–Crippen MR) is 86.9 cm³/mol. The number of hydrogen-bond acceptors (Lipinski definition) is 2. The molecule has 0 aliphatic rings. The average molecular weight is 314 g/mol. The predicted octanol–water partition coefficient (Wildman–Crippen LogP) is 5.08. The minimum absolute atomic E-state index is 0.141. The van der Waals surface area contributed by atoms with E-state index >= 15 is 0 Å². The molecule has 4 aromatic rings. The number of fused-ring (bicyclic) bond motifs is 3. The van der Waals surface area contributed by atoms with Crippen molar-refractivity contribution in [3.63, 3.8) is 0 Å². The second-order valence-corrected chi connectivity index (χ2v) is 5.45. The second kappa shape index (κ2) is 4.72. The number of aromatic nitrogens is 3. The van der Waals surface area contributed by atoms with Gasteiger partial charge in [0.2, 0.25) is 5.28 Å². The minimum Gasteiger partial charge on any atom is -0.339 e. The number of H-pyrrole nitrogens is 1. The first-order chi connectivity index (χ1) is 10.2. The van der Waals surface area contributed by atoms with Gasteiger partial charge in [0.15, 0.2) is 0 Å². The van der Waals surface area contributed by atoms with E-state index in [9.17, 15) is 0 Å². The first-order valence-electron chi connectivity index (χ1n) is 6.42. The average Bonchev–Trinajstić information content (AvgIpc) is 2.85. The molecule has 0 atom stereocenters. The minimum atomic E-state index is 0.141. The third-order valence-electron chi connectivity index (χ3n) is 3.49. The van der Waals surface area contributed by atoms with Gasteiger partial charge in [0.25, 0.3) is 0 Å². The van der Waals surface area contributed by atoms with Crippen molar-refractivity contribution in [1.29, 1.82) is 0 Å². The summed E-state index contributed by atoms with van der Waals surface area (Å²) >= 11 is 12.1. The molecule has 0 fully saturated rings. The van der Waals surface area contributed by atoms with Crippen molar-refractivity contribution in [2.45, 2.75) is 0 Å². The van der Waals surface area contributed by atoms with Crippen molar-refractivity contribution in [2.75, 3.05) is 0 Å². The maximum atomic E-state index is 6.23. The molecule has 2 aromatic carbocycles. The Balaban J connectivity index is 2.05. The SMILES string of the molecule is Clc1nc(Cl)c2c(n1)[nH]c1ccc(-c3ccccc3)cc12. The first-order valence-corrected chi connectivity index (χ1v) is 7.18. The largest absolute Gasteiger partial charge is 0.339 e. The summed E-state index contributed by atoms with van der Waals surface area (Å²) in [4.78, 5) is 11.4. The summed E-state index contributed by atoms with van der Waals surface area (Å²) in [6, 6.07) is 16.4. The summed E-state index contributed by atoms with van der Waals surface area (Å²) in [5.41, 5.74) is 3.89. The molecule has 4 rings (SSSR count). The zero-order valence-electron chi connectivity index (χ0n) is 10.8. The van der Waals surface area contributed by atoms with E-state index in [1.807, 2.05) is 24.3 Å². The van der Waals surface area contributed by atoms with Gasteiger partial charge in [0.05, 0.1) is 5.39 Å². The number of aromatic amines is 1. The molecule has 21 heavy (non-hydrogen) atoms. The molecule has 0 bridgehead atoms. The fraction of sp³-hybridized carbons (Fsp3) is 0. The van der Waals surface area contributed by atoms with Crippen molar-refractivity contribution in [3.8, 4) is 11.1 Å². The molecule has 1 N–H and O–H groups in total. The third-order valence-corrected chi connectivity index (χ3v) is 3.93. The molecule has 0 radical (unpaired) electrons. The van der Waals surface area contributed by atoms with Gasteiger partial charge in [0.1, 0.15) is 10.8 Å². The Morgan fingerprint density at radius 3 is 2.48 bits per heavy atom. The molecule has 0 spiro atoms. The number of nitrogens with zero attached hydrogens (tertiary/aromatic N) is 2. The van der Waals surface area contributed by atoms with Crippen LogP contribution in [0.1, 0.15) is 0 Å². The monoisotopic (exact) mass is 313 g/mol. The van der Waals surface area contributed by atoms with E-state index in [4.69, 9.17) is 23.2 Å². The molecule has 2 heterocycles. The zero-order chi connectivity index (χ0) is 14.4. The highest BCUT2D eigenvalue weighted by Crippen LogP contribution is 2.33.